The Morgan fingerprint density at radius 3 is 2.38 bits per heavy atom. The summed E-state index contributed by atoms with van der Waals surface area (Å²) in [4.78, 5) is 18.5. The zero-order valence-electron chi connectivity index (χ0n) is 15.0. The molecule has 5 nitrogen and oxygen atoms in total. The van der Waals surface area contributed by atoms with Crippen LogP contribution in [0.2, 0.25) is 5.02 Å². The first kappa shape index (κ1) is 23.0. The number of benzene rings is 1. The van der Waals surface area contributed by atoms with E-state index in [1.807, 2.05) is 57.0 Å². The van der Waals surface area contributed by atoms with Crippen LogP contribution in [-0.4, -0.2) is 44.0 Å². The molecule has 0 bridgehead atoms. The van der Waals surface area contributed by atoms with Crippen LogP contribution in [0.5, 0.6) is 0 Å². The van der Waals surface area contributed by atoms with Crippen LogP contribution in [-0.2, 0) is 11.3 Å². The molecule has 1 amide bonds. The van der Waals surface area contributed by atoms with Crippen LogP contribution in [0, 0.1) is 5.41 Å². The molecule has 7 heteroatoms. The van der Waals surface area contributed by atoms with Crippen molar-refractivity contribution in [3.8, 4) is 0 Å². The van der Waals surface area contributed by atoms with Crippen molar-refractivity contribution in [3.63, 3.8) is 0 Å². The van der Waals surface area contributed by atoms with Gasteiger partial charge in [-0.15, -0.1) is 24.0 Å². The van der Waals surface area contributed by atoms with Gasteiger partial charge in [0.15, 0.2) is 5.96 Å². The molecule has 136 valence electrons. The van der Waals surface area contributed by atoms with Gasteiger partial charge in [0.1, 0.15) is 0 Å². The summed E-state index contributed by atoms with van der Waals surface area (Å²) < 4.78 is 0. The summed E-state index contributed by atoms with van der Waals surface area (Å²) in [5.41, 5.74) is 0.601. The van der Waals surface area contributed by atoms with Crippen LogP contribution in [0.3, 0.4) is 0 Å². The van der Waals surface area contributed by atoms with E-state index >= 15 is 0 Å². The maximum Gasteiger partial charge on any atom is 0.227 e. The summed E-state index contributed by atoms with van der Waals surface area (Å²) in [6.45, 7) is 7.69. The Morgan fingerprint density at radius 1 is 1.29 bits per heavy atom. The summed E-state index contributed by atoms with van der Waals surface area (Å²) in [6, 6.07) is 7.75. The highest BCUT2D eigenvalue weighted by molar-refractivity contribution is 14.0. The molecule has 0 unspecified atom stereocenters. The van der Waals surface area contributed by atoms with Crippen molar-refractivity contribution >= 4 is 47.4 Å². The number of aliphatic imine (C=N–C) groups is 1. The molecular formula is C17H28ClIN4O. The van der Waals surface area contributed by atoms with E-state index in [9.17, 15) is 4.79 Å². The van der Waals surface area contributed by atoms with E-state index in [0.717, 1.165) is 23.1 Å². The normalized spacial score (nSPS) is 11.5. The number of rotatable bonds is 6. The summed E-state index contributed by atoms with van der Waals surface area (Å²) in [5.74, 6) is 0.761. The van der Waals surface area contributed by atoms with Crippen LogP contribution in [0.1, 0.15) is 26.3 Å². The lowest BCUT2D eigenvalue weighted by Crippen LogP contribution is -2.41. The van der Waals surface area contributed by atoms with Crippen LogP contribution in [0.4, 0.5) is 0 Å². The number of carbonyl (C=O) groups is 1. The molecule has 0 heterocycles. The van der Waals surface area contributed by atoms with Crippen molar-refractivity contribution in [2.75, 3.05) is 27.2 Å². The number of amides is 1. The second kappa shape index (κ2) is 10.8. The van der Waals surface area contributed by atoms with Gasteiger partial charge < -0.3 is 15.5 Å². The van der Waals surface area contributed by atoms with Gasteiger partial charge in [-0.25, -0.2) is 0 Å². The van der Waals surface area contributed by atoms with Gasteiger partial charge in [-0.1, -0.05) is 23.7 Å². The van der Waals surface area contributed by atoms with Gasteiger partial charge in [-0.05, 0) is 38.5 Å². The molecular weight excluding hydrogens is 439 g/mol. The highest BCUT2D eigenvalue weighted by atomic mass is 127. The molecule has 2 N–H and O–H groups in total. The fourth-order valence-corrected chi connectivity index (χ4v) is 2.22. The zero-order chi connectivity index (χ0) is 17.5. The van der Waals surface area contributed by atoms with Gasteiger partial charge in [0.05, 0.1) is 12.0 Å². The predicted molar refractivity (Wildman–Crippen MR) is 112 cm³/mol. The Hall–Kier alpha value is -1.02. The maximum atomic E-state index is 11.9. The van der Waals surface area contributed by atoms with E-state index < -0.39 is 5.41 Å². The molecule has 24 heavy (non-hydrogen) atoms. The van der Waals surface area contributed by atoms with Crippen molar-refractivity contribution < 1.29 is 4.79 Å². The van der Waals surface area contributed by atoms with Crippen LogP contribution in [0.25, 0.3) is 0 Å². The molecule has 1 rings (SSSR count). The van der Waals surface area contributed by atoms with Gasteiger partial charge >= 0.3 is 0 Å². The third-order valence-electron chi connectivity index (χ3n) is 3.50. The minimum Gasteiger partial charge on any atom is -0.359 e. The molecule has 0 fully saturated rings. The van der Waals surface area contributed by atoms with E-state index in [0.29, 0.717) is 13.1 Å². The molecule has 0 atom stereocenters. The maximum absolute atomic E-state index is 11.9. The van der Waals surface area contributed by atoms with Gasteiger partial charge in [0.2, 0.25) is 5.91 Å². The Morgan fingerprint density at radius 2 is 1.88 bits per heavy atom. The van der Waals surface area contributed by atoms with E-state index in [-0.39, 0.29) is 29.9 Å². The lowest BCUT2D eigenvalue weighted by atomic mass is 9.93. The van der Waals surface area contributed by atoms with Crippen LogP contribution >= 0.6 is 35.6 Å². The quantitative estimate of drug-likeness (QED) is 0.385. The monoisotopic (exact) mass is 466 g/mol. The Bertz CT molecular complexity index is 546. The SMILES string of the molecule is CCNC(=NCC(C)(C)C(=O)NC)N(C)Cc1ccc(Cl)cc1.I. The molecule has 0 saturated heterocycles. The van der Waals surface area contributed by atoms with Gasteiger partial charge in [-0.3, -0.25) is 9.79 Å². The first-order chi connectivity index (χ1) is 10.8. The summed E-state index contributed by atoms with van der Waals surface area (Å²) >= 11 is 5.92. The standard InChI is InChI=1S/C17H27ClN4O.HI/c1-6-20-16(21-12-17(2,3)15(23)19-4)22(5)11-13-7-9-14(18)10-8-13;/h7-10H,6,11-12H2,1-5H3,(H,19,23)(H,20,21);1H. The average Bonchev–Trinajstić information content (AvgIpc) is 2.52. The topological polar surface area (TPSA) is 56.7 Å². The Kier molecular flexibility index (Phi) is 10.3. The average molecular weight is 467 g/mol. The van der Waals surface area contributed by atoms with Gasteiger partial charge in [-0.2, -0.15) is 0 Å². The second-order valence-electron chi connectivity index (χ2n) is 6.12. The molecule has 0 radical (unpaired) electrons. The van der Waals surface area contributed by atoms with Crippen molar-refractivity contribution in [3.05, 3.63) is 34.9 Å². The number of halogens is 2. The molecule has 0 aliphatic rings. The highest BCUT2D eigenvalue weighted by Gasteiger charge is 2.26. The third kappa shape index (κ3) is 7.25. The molecule has 1 aromatic rings. The van der Waals surface area contributed by atoms with E-state index in [2.05, 4.69) is 15.6 Å². The Balaban J connectivity index is 0.00000529. The van der Waals surface area contributed by atoms with Crippen molar-refractivity contribution in [1.29, 1.82) is 0 Å². The molecule has 0 saturated carbocycles. The van der Waals surface area contributed by atoms with Crippen LogP contribution < -0.4 is 10.6 Å². The highest BCUT2D eigenvalue weighted by Crippen LogP contribution is 2.16. The number of guanidine groups is 1. The fourth-order valence-electron chi connectivity index (χ4n) is 2.09. The third-order valence-corrected chi connectivity index (χ3v) is 3.75. The smallest absolute Gasteiger partial charge is 0.227 e. The number of hydrogen-bond acceptors (Lipinski definition) is 2. The van der Waals surface area contributed by atoms with Gasteiger partial charge in [0.25, 0.3) is 0 Å². The first-order valence-electron chi connectivity index (χ1n) is 7.76. The van der Waals surface area contributed by atoms with Crippen LogP contribution in [0.15, 0.2) is 29.3 Å². The number of nitrogens with one attached hydrogen (secondary N) is 2. The lowest BCUT2D eigenvalue weighted by molar-refractivity contribution is -0.128. The van der Waals surface area contributed by atoms with Gasteiger partial charge in [0, 0.05) is 32.2 Å². The van der Waals surface area contributed by atoms with Crippen molar-refractivity contribution in [2.24, 2.45) is 10.4 Å². The molecule has 1 aromatic carbocycles. The molecule has 0 spiro atoms. The zero-order valence-corrected chi connectivity index (χ0v) is 18.1. The summed E-state index contributed by atoms with van der Waals surface area (Å²) in [7, 11) is 3.62. The number of nitrogens with zero attached hydrogens (tertiary/aromatic N) is 2. The fraction of sp³-hybridized carbons (Fsp3) is 0.529. The van der Waals surface area contributed by atoms with Crippen molar-refractivity contribution in [1.82, 2.24) is 15.5 Å². The number of carbonyl (C=O) groups excluding carboxylic acids is 1. The molecule has 0 aliphatic carbocycles. The Labute approximate surface area is 167 Å². The lowest BCUT2D eigenvalue weighted by Gasteiger charge is -2.25. The second-order valence-corrected chi connectivity index (χ2v) is 6.55. The predicted octanol–water partition coefficient (Wildman–Crippen LogP) is 3.13. The van der Waals surface area contributed by atoms with E-state index in [1.54, 1.807) is 7.05 Å². The summed E-state index contributed by atoms with van der Waals surface area (Å²) in [5, 5.41) is 6.67. The van der Waals surface area contributed by atoms with Crippen molar-refractivity contribution in [2.45, 2.75) is 27.3 Å². The first-order valence-corrected chi connectivity index (χ1v) is 8.14. The minimum atomic E-state index is -0.545. The van der Waals surface area contributed by atoms with E-state index in [4.69, 9.17) is 11.6 Å². The molecule has 0 aliphatic heterocycles. The summed E-state index contributed by atoms with van der Waals surface area (Å²) in [6.07, 6.45) is 0. The number of hydrogen-bond donors (Lipinski definition) is 2. The molecule has 0 aromatic heterocycles. The van der Waals surface area contributed by atoms with E-state index in [1.165, 1.54) is 0 Å². The largest absolute Gasteiger partial charge is 0.359 e. The minimum absolute atomic E-state index is 0.